The zero-order chi connectivity index (χ0) is 23.2. The fourth-order valence-electron chi connectivity index (χ4n) is 4.05. The summed E-state index contributed by atoms with van der Waals surface area (Å²) in [7, 11) is 0. The second kappa shape index (κ2) is 10.1. The van der Waals surface area contributed by atoms with Gasteiger partial charge in [-0.1, -0.05) is 92.6 Å². The number of terminal acetylenes is 1. The van der Waals surface area contributed by atoms with Crippen molar-refractivity contribution < 1.29 is 9.53 Å². The maximum absolute atomic E-state index is 13.3. The van der Waals surface area contributed by atoms with Gasteiger partial charge in [-0.25, -0.2) is 0 Å². The minimum Gasteiger partial charge on any atom is -0.444 e. The fourth-order valence-corrected chi connectivity index (χ4v) is 4.05. The minimum absolute atomic E-state index is 0.0585. The molecule has 0 saturated carbocycles. The van der Waals surface area contributed by atoms with Crippen molar-refractivity contribution in [2.75, 3.05) is 5.32 Å². The lowest BCUT2D eigenvalue weighted by atomic mass is 9.87. The molecule has 4 aromatic carbocycles. The van der Waals surface area contributed by atoms with Crippen molar-refractivity contribution in [1.82, 2.24) is 0 Å². The number of hydrogen-bond acceptors (Lipinski definition) is 3. The molecular formula is C30H27NO2. The Hall–Kier alpha value is -4.03. The van der Waals surface area contributed by atoms with Crippen molar-refractivity contribution in [2.45, 2.75) is 25.9 Å². The molecule has 0 bridgehead atoms. The van der Waals surface area contributed by atoms with E-state index in [1.165, 1.54) is 0 Å². The van der Waals surface area contributed by atoms with Crippen LogP contribution in [0.1, 0.15) is 37.0 Å². The molecule has 4 rings (SSSR count). The summed E-state index contributed by atoms with van der Waals surface area (Å²) < 4.78 is 5.88. The molecular weight excluding hydrogens is 406 g/mol. The standard InChI is InChI=1S/C30H27NO2/c1-4-28(24-13-10-16-27(20-24)31-26-14-6-5-7-15-26)33-30(32)29(21(2)3)25-18-17-22-11-8-9-12-23(22)19-25/h1,5-21,28-29,31H,2-3H3. The van der Waals surface area contributed by atoms with E-state index in [2.05, 4.69) is 29.4 Å². The third kappa shape index (κ3) is 5.25. The molecule has 3 nitrogen and oxygen atoms in total. The van der Waals surface area contributed by atoms with Crippen LogP contribution < -0.4 is 5.32 Å². The SMILES string of the molecule is C#CC(OC(=O)C(c1ccc2ccccc2c1)C(C)C)c1cccc(Nc2ccccc2)c1. The molecule has 0 spiro atoms. The van der Waals surface area contributed by atoms with E-state index in [4.69, 9.17) is 11.2 Å². The van der Waals surface area contributed by atoms with Crippen LogP contribution in [0.2, 0.25) is 0 Å². The van der Waals surface area contributed by atoms with Crippen molar-refractivity contribution in [3.63, 3.8) is 0 Å². The first-order valence-corrected chi connectivity index (χ1v) is 11.1. The number of para-hydroxylation sites is 1. The number of anilines is 2. The summed E-state index contributed by atoms with van der Waals surface area (Å²) in [5.41, 5.74) is 3.54. The van der Waals surface area contributed by atoms with Gasteiger partial charge in [-0.05, 0) is 46.5 Å². The molecule has 3 heteroatoms. The third-order valence-electron chi connectivity index (χ3n) is 5.69. The lowest BCUT2D eigenvalue weighted by Crippen LogP contribution is -2.22. The Morgan fingerprint density at radius 3 is 2.21 bits per heavy atom. The van der Waals surface area contributed by atoms with Crippen LogP contribution in [-0.2, 0) is 9.53 Å². The average Bonchev–Trinajstić information content (AvgIpc) is 2.83. The van der Waals surface area contributed by atoms with Gasteiger partial charge in [-0.15, -0.1) is 6.42 Å². The first-order chi connectivity index (χ1) is 16.0. The van der Waals surface area contributed by atoms with E-state index in [1.54, 1.807) is 0 Å². The lowest BCUT2D eigenvalue weighted by Gasteiger charge is -2.23. The van der Waals surface area contributed by atoms with Gasteiger partial charge in [0.1, 0.15) is 0 Å². The van der Waals surface area contributed by atoms with Crippen LogP contribution >= 0.6 is 0 Å². The highest BCUT2D eigenvalue weighted by Crippen LogP contribution is 2.31. The monoisotopic (exact) mass is 433 g/mol. The average molecular weight is 434 g/mol. The van der Waals surface area contributed by atoms with Crippen LogP contribution in [0, 0.1) is 18.3 Å². The highest BCUT2D eigenvalue weighted by Gasteiger charge is 2.28. The van der Waals surface area contributed by atoms with Gasteiger partial charge < -0.3 is 10.1 Å². The Labute approximate surface area is 195 Å². The summed E-state index contributed by atoms with van der Waals surface area (Å²) in [5.74, 6) is 1.98. The van der Waals surface area contributed by atoms with Gasteiger partial charge in [0.05, 0.1) is 5.92 Å². The topological polar surface area (TPSA) is 38.3 Å². The second-order valence-electron chi connectivity index (χ2n) is 8.43. The van der Waals surface area contributed by atoms with Crippen molar-refractivity contribution >= 4 is 28.1 Å². The number of hydrogen-bond donors (Lipinski definition) is 1. The Balaban J connectivity index is 1.55. The smallest absolute Gasteiger partial charge is 0.315 e. The molecule has 0 aromatic heterocycles. The molecule has 2 atom stereocenters. The highest BCUT2D eigenvalue weighted by molar-refractivity contribution is 5.86. The van der Waals surface area contributed by atoms with Gasteiger partial charge in [-0.3, -0.25) is 4.79 Å². The molecule has 33 heavy (non-hydrogen) atoms. The molecule has 2 unspecified atom stereocenters. The van der Waals surface area contributed by atoms with Gasteiger partial charge in [0, 0.05) is 16.9 Å². The fraction of sp³-hybridized carbons (Fsp3) is 0.167. The van der Waals surface area contributed by atoms with Crippen LogP contribution in [0.4, 0.5) is 11.4 Å². The second-order valence-corrected chi connectivity index (χ2v) is 8.43. The van der Waals surface area contributed by atoms with Gasteiger partial charge in [0.2, 0.25) is 0 Å². The van der Waals surface area contributed by atoms with E-state index in [-0.39, 0.29) is 11.9 Å². The Morgan fingerprint density at radius 1 is 0.788 bits per heavy atom. The van der Waals surface area contributed by atoms with E-state index < -0.39 is 12.0 Å². The molecule has 0 radical (unpaired) electrons. The summed E-state index contributed by atoms with van der Waals surface area (Å²) in [6.45, 7) is 4.05. The zero-order valence-corrected chi connectivity index (χ0v) is 18.9. The quantitative estimate of drug-likeness (QED) is 0.247. The minimum atomic E-state index is -0.767. The number of esters is 1. The third-order valence-corrected chi connectivity index (χ3v) is 5.69. The van der Waals surface area contributed by atoms with E-state index in [0.29, 0.717) is 0 Å². The van der Waals surface area contributed by atoms with Crippen molar-refractivity contribution in [3.05, 3.63) is 108 Å². The van der Waals surface area contributed by atoms with E-state index in [9.17, 15) is 4.79 Å². The molecule has 0 aliphatic rings. The lowest BCUT2D eigenvalue weighted by molar-refractivity contribution is -0.149. The number of benzene rings is 4. The van der Waals surface area contributed by atoms with Crippen LogP contribution in [-0.4, -0.2) is 5.97 Å². The van der Waals surface area contributed by atoms with Crippen molar-refractivity contribution in [2.24, 2.45) is 5.92 Å². The molecule has 0 amide bonds. The molecule has 164 valence electrons. The van der Waals surface area contributed by atoms with Crippen molar-refractivity contribution in [1.29, 1.82) is 0 Å². The number of ether oxygens (including phenoxy) is 1. The predicted molar refractivity (Wildman–Crippen MR) is 135 cm³/mol. The summed E-state index contributed by atoms with van der Waals surface area (Å²) in [5, 5.41) is 5.59. The van der Waals surface area contributed by atoms with E-state index in [1.807, 2.05) is 92.7 Å². The first-order valence-electron chi connectivity index (χ1n) is 11.1. The molecule has 0 aliphatic heterocycles. The van der Waals surface area contributed by atoms with Gasteiger partial charge >= 0.3 is 5.97 Å². The Kier molecular flexibility index (Phi) is 6.76. The molecule has 0 heterocycles. The summed E-state index contributed by atoms with van der Waals surface area (Å²) in [4.78, 5) is 13.3. The summed E-state index contributed by atoms with van der Waals surface area (Å²) in [6, 6.07) is 31.8. The van der Waals surface area contributed by atoms with Crippen LogP contribution in [0.25, 0.3) is 10.8 Å². The normalized spacial score (nSPS) is 12.7. The number of nitrogens with one attached hydrogen (secondary N) is 1. The van der Waals surface area contributed by atoms with Crippen LogP contribution in [0.3, 0.4) is 0 Å². The highest BCUT2D eigenvalue weighted by atomic mass is 16.5. The van der Waals surface area contributed by atoms with Crippen LogP contribution in [0.5, 0.6) is 0 Å². The molecule has 0 saturated heterocycles. The molecule has 1 N–H and O–H groups in total. The van der Waals surface area contributed by atoms with Gasteiger partial charge in [0.15, 0.2) is 6.10 Å². The number of carbonyl (C=O) groups excluding carboxylic acids is 1. The zero-order valence-electron chi connectivity index (χ0n) is 18.9. The van der Waals surface area contributed by atoms with Crippen molar-refractivity contribution in [3.8, 4) is 12.3 Å². The number of rotatable bonds is 7. The van der Waals surface area contributed by atoms with E-state index >= 15 is 0 Å². The number of carbonyl (C=O) groups is 1. The molecule has 0 fully saturated rings. The van der Waals surface area contributed by atoms with Crippen LogP contribution in [0.15, 0.2) is 97.1 Å². The first kappa shape index (κ1) is 22.2. The Bertz CT molecular complexity index is 1290. The maximum atomic E-state index is 13.3. The molecule has 0 aliphatic carbocycles. The van der Waals surface area contributed by atoms with E-state index in [0.717, 1.165) is 33.3 Å². The maximum Gasteiger partial charge on any atom is 0.315 e. The predicted octanol–water partition coefficient (Wildman–Crippen LogP) is 7.24. The molecule has 4 aromatic rings. The van der Waals surface area contributed by atoms with Gasteiger partial charge in [0.25, 0.3) is 0 Å². The number of fused-ring (bicyclic) bond motifs is 1. The summed E-state index contributed by atoms with van der Waals surface area (Å²) >= 11 is 0. The Morgan fingerprint density at radius 2 is 1.48 bits per heavy atom. The van der Waals surface area contributed by atoms with Gasteiger partial charge in [-0.2, -0.15) is 0 Å². The summed E-state index contributed by atoms with van der Waals surface area (Å²) in [6.07, 6.45) is 5.03. The largest absolute Gasteiger partial charge is 0.444 e.